The summed E-state index contributed by atoms with van der Waals surface area (Å²) in [4.78, 5) is 25.4. The third kappa shape index (κ3) is 4.23. The molecule has 0 saturated carbocycles. The fraction of sp³-hybridized carbons (Fsp3) is 0.250. The molecule has 0 bridgehead atoms. The average molecular weight is 404 g/mol. The van der Waals surface area contributed by atoms with E-state index < -0.39 is 23.2 Å². The fourth-order valence-corrected chi connectivity index (χ4v) is 3.04. The predicted octanol–water partition coefficient (Wildman–Crippen LogP) is 3.14. The maximum absolute atomic E-state index is 13.0. The topological polar surface area (TPSA) is 68.9 Å². The number of carbonyl (C=O) groups is 1. The summed E-state index contributed by atoms with van der Waals surface area (Å²) >= 11 is 0. The zero-order chi connectivity index (χ0) is 21.3. The molecule has 2 aromatic heterocycles. The molecule has 3 aromatic rings. The minimum absolute atomic E-state index is 0.0417. The van der Waals surface area contributed by atoms with Gasteiger partial charge in [-0.3, -0.25) is 18.8 Å². The van der Waals surface area contributed by atoms with Crippen LogP contribution in [0.2, 0.25) is 0 Å². The molecule has 29 heavy (non-hydrogen) atoms. The van der Waals surface area contributed by atoms with Crippen molar-refractivity contribution in [3.8, 4) is 5.69 Å². The molecule has 0 radical (unpaired) electrons. The van der Waals surface area contributed by atoms with Gasteiger partial charge in [0.25, 0.3) is 11.5 Å². The molecule has 0 fully saturated rings. The highest BCUT2D eigenvalue weighted by Gasteiger charge is 2.30. The molecule has 0 unspecified atom stereocenters. The maximum atomic E-state index is 13.0. The van der Waals surface area contributed by atoms with Crippen molar-refractivity contribution in [3.63, 3.8) is 0 Å². The van der Waals surface area contributed by atoms with E-state index in [-0.39, 0.29) is 17.8 Å². The molecular formula is C20H19F3N4O2. The molecule has 0 aliphatic rings. The van der Waals surface area contributed by atoms with Gasteiger partial charge in [0.05, 0.1) is 11.3 Å². The zero-order valence-electron chi connectivity index (χ0n) is 16.0. The second-order valence-electron chi connectivity index (χ2n) is 6.67. The van der Waals surface area contributed by atoms with Crippen LogP contribution in [-0.2, 0) is 19.8 Å². The van der Waals surface area contributed by atoms with E-state index in [0.29, 0.717) is 5.69 Å². The Morgan fingerprint density at radius 2 is 1.90 bits per heavy atom. The summed E-state index contributed by atoms with van der Waals surface area (Å²) in [7, 11) is 1.76. The van der Waals surface area contributed by atoms with Crippen molar-refractivity contribution in [2.24, 2.45) is 7.05 Å². The molecule has 0 atom stereocenters. The first kappa shape index (κ1) is 20.4. The number of hydrogen-bond acceptors (Lipinski definition) is 3. The molecule has 1 amide bonds. The Labute approximate surface area is 164 Å². The Balaban J connectivity index is 1.94. The number of rotatable bonds is 4. The monoisotopic (exact) mass is 404 g/mol. The van der Waals surface area contributed by atoms with Crippen LogP contribution in [0.25, 0.3) is 5.69 Å². The third-order valence-electron chi connectivity index (χ3n) is 4.51. The number of aryl methyl sites for hydroxylation is 3. The molecule has 3 rings (SSSR count). The van der Waals surface area contributed by atoms with Crippen molar-refractivity contribution in [3.05, 3.63) is 81.0 Å². The van der Waals surface area contributed by atoms with Gasteiger partial charge >= 0.3 is 6.18 Å². The highest BCUT2D eigenvalue weighted by atomic mass is 19.4. The van der Waals surface area contributed by atoms with Crippen LogP contribution in [0.3, 0.4) is 0 Å². The van der Waals surface area contributed by atoms with Gasteiger partial charge in [0.2, 0.25) is 0 Å². The molecule has 9 heteroatoms. The van der Waals surface area contributed by atoms with Crippen molar-refractivity contribution in [1.29, 1.82) is 0 Å². The predicted molar refractivity (Wildman–Crippen MR) is 101 cm³/mol. The Hall–Kier alpha value is -3.36. The van der Waals surface area contributed by atoms with E-state index in [1.54, 1.807) is 31.8 Å². The minimum Gasteiger partial charge on any atom is -0.348 e. The lowest BCUT2D eigenvalue weighted by molar-refractivity contribution is -0.137. The maximum Gasteiger partial charge on any atom is 0.416 e. The molecule has 2 heterocycles. The van der Waals surface area contributed by atoms with Crippen molar-refractivity contribution < 1.29 is 18.0 Å². The molecular weight excluding hydrogens is 385 g/mol. The van der Waals surface area contributed by atoms with E-state index in [4.69, 9.17) is 0 Å². The number of pyridine rings is 1. The number of benzene rings is 1. The summed E-state index contributed by atoms with van der Waals surface area (Å²) in [5.41, 5.74) is 0.279. The molecule has 0 saturated heterocycles. The van der Waals surface area contributed by atoms with Crippen LogP contribution >= 0.6 is 0 Å². The van der Waals surface area contributed by atoms with Gasteiger partial charge in [-0.15, -0.1) is 0 Å². The number of hydrogen-bond donors (Lipinski definition) is 1. The lowest BCUT2D eigenvalue weighted by atomic mass is 10.1. The summed E-state index contributed by atoms with van der Waals surface area (Å²) < 4.78 is 41.8. The number of alkyl halides is 3. The van der Waals surface area contributed by atoms with Crippen LogP contribution in [-0.4, -0.2) is 20.3 Å². The zero-order valence-corrected chi connectivity index (χ0v) is 16.0. The van der Waals surface area contributed by atoms with E-state index in [9.17, 15) is 22.8 Å². The second kappa shape index (κ2) is 7.57. The first-order chi connectivity index (χ1) is 13.6. The van der Waals surface area contributed by atoms with Gasteiger partial charge in [-0.05, 0) is 44.2 Å². The number of nitrogens with one attached hydrogen (secondary N) is 1. The standard InChI is InChI=1S/C20H19F3N4O2/c1-12-7-8-17(18(28)24-10-14-11-26(3)25-13(14)2)19(29)27(12)16-6-4-5-15(9-16)20(21,22)23/h4-9,11H,10H2,1-3H3,(H,24,28). The van der Waals surface area contributed by atoms with Gasteiger partial charge in [-0.2, -0.15) is 18.3 Å². The van der Waals surface area contributed by atoms with Crippen LogP contribution in [0.4, 0.5) is 13.2 Å². The summed E-state index contributed by atoms with van der Waals surface area (Å²) in [5, 5.41) is 6.84. The normalized spacial score (nSPS) is 11.5. The summed E-state index contributed by atoms with van der Waals surface area (Å²) in [6, 6.07) is 7.32. The SMILES string of the molecule is Cc1nn(C)cc1CNC(=O)c1ccc(C)n(-c2cccc(C(F)(F)F)c2)c1=O. The van der Waals surface area contributed by atoms with Gasteiger partial charge < -0.3 is 5.32 Å². The molecule has 6 nitrogen and oxygen atoms in total. The van der Waals surface area contributed by atoms with E-state index >= 15 is 0 Å². The molecule has 1 aromatic carbocycles. The smallest absolute Gasteiger partial charge is 0.348 e. The van der Waals surface area contributed by atoms with Crippen molar-refractivity contribution in [2.45, 2.75) is 26.6 Å². The van der Waals surface area contributed by atoms with E-state index in [1.807, 2.05) is 0 Å². The minimum atomic E-state index is -4.54. The molecule has 152 valence electrons. The van der Waals surface area contributed by atoms with Crippen LogP contribution in [0, 0.1) is 13.8 Å². The molecule has 0 aliphatic heterocycles. The van der Waals surface area contributed by atoms with E-state index in [1.165, 1.54) is 24.3 Å². The van der Waals surface area contributed by atoms with Gasteiger partial charge in [-0.25, -0.2) is 0 Å². The largest absolute Gasteiger partial charge is 0.416 e. The van der Waals surface area contributed by atoms with Gasteiger partial charge in [0.1, 0.15) is 5.56 Å². The summed E-state index contributed by atoms with van der Waals surface area (Å²) in [5.74, 6) is -0.612. The first-order valence-electron chi connectivity index (χ1n) is 8.75. The number of halogens is 3. The fourth-order valence-electron chi connectivity index (χ4n) is 3.04. The molecule has 0 spiro atoms. The number of nitrogens with zero attached hydrogens (tertiary/aromatic N) is 3. The van der Waals surface area contributed by atoms with Crippen LogP contribution < -0.4 is 10.9 Å². The van der Waals surface area contributed by atoms with Crippen molar-refractivity contribution in [2.75, 3.05) is 0 Å². The molecule has 1 N–H and O–H groups in total. The highest BCUT2D eigenvalue weighted by molar-refractivity contribution is 5.93. The van der Waals surface area contributed by atoms with Crippen molar-refractivity contribution in [1.82, 2.24) is 19.7 Å². The second-order valence-corrected chi connectivity index (χ2v) is 6.67. The highest BCUT2D eigenvalue weighted by Crippen LogP contribution is 2.30. The Morgan fingerprint density at radius 1 is 1.17 bits per heavy atom. The quantitative estimate of drug-likeness (QED) is 0.727. The van der Waals surface area contributed by atoms with Crippen LogP contribution in [0.15, 0.2) is 47.4 Å². The van der Waals surface area contributed by atoms with Crippen LogP contribution in [0.1, 0.15) is 32.9 Å². The lowest BCUT2D eigenvalue weighted by Gasteiger charge is -2.14. The van der Waals surface area contributed by atoms with E-state index in [2.05, 4.69) is 10.4 Å². The summed E-state index contributed by atoms with van der Waals surface area (Å²) in [6.45, 7) is 3.56. The van der Waals surface area contributed by atoms with Gasteiger partial charge in [-0.1, -0.05) is 6.07 Å². The Kier molecular flexibility index (Phi) is 5.32. The first-order valence-corrected chi connectivity index (χ1v) is 8.75. The van der Waals surface area contributed by atoms with Crippen LogP contribution in [0.5, 0.6) is 0 Å². The van der Waals surface area contributed by atoms with Gasteiger partial charge in [0, 0.05) is 36.7 Å². The van der Waals surface area contributed by atoms with Gasteiger partial charge in [0.15, 0.2) is 0 Å². The number of aromatic nitrogens is 3. The third-order valence-corrected chi connectivity index (χ3v) is 4.51. The molecule has 0 aliphatic carbocycles. The summed E-state index contributed by atoms with van der Waals surface area (Å²) in [6.07, 6.45) is -2.78. The number of carbonyl (C=O) groups excluding carboxylic acids is 1. The van der Waals surface area contributed by atoms with E-state index in [0.717, 1.165) is 28.0 Å². The number of amides is 1. The average Bonchev–Trinajstić information content (AvgIpc) is 2.96. The lowest BCUT2D eigenvalue weighted by Crippen LogP contribution is -2.33. The Morgan fingerprint density at radius 3 is 2.52 bits per heavy atom. The Bertz CT molecular complexity index is 1130. The van der Waals surface area contributed by atoms with Crippen molar-refractivity contribution >= 4 is 5.91 Å².